The fourth-order valence-corrected chi connectivity index (χ4v) is 5.64. The topological polar surface area (TPSA) is 120 Å². The summed E-state index contributed by atoms with van der Waals surface area (Å²) in [6.07, 6.45) is 4.38. The summed E-state index contributed by atoms with van der Waals surface area (Å²) in [5.74, 6) is -1.64. The van der Waals surface area contributed by atoms with Gasteiger partial charge >= 0.3 is 5.97 Å². The number of para-hydroxylation sites is 1. The Bertz CT molecular complexity index is 1370. The van der Waals surface area contributed by atoms with Crippen molar-refractivity contribution in [2.75, 3.05) is 26.8 Å². The summed E-state index contributed by atoms with van der Waals surface area (Å²) >= 11 is 0. The summed E-state index contributed by atoms with van der Waals surface area (Å²) in [7, 11) is 1.49. The number of aliphatic carboxylic acids is 1. The summed E-state index contributed by atoms with van der Waals surface area (Å²) in [5.41, 5.74) is 3.00. The van der Waals surface area contributed by atoms with E-state index in [-0.39, 0.29) is 24.7 Å². The Morgan fingerprint density at radius 2 is 1.68 bits per heavy atom. The van der Waals surface area contributed by atoms with Crippen molar-refractivity contribution in [2.45, 2.75) is 64.0 Å². The molecule has 0 aliphatic carbocycles. The van der Waals surface area contributed by atoms with Gasteiger partial charge in [0.15, 0.2) is 17.9 Å². The van der Waals surface area contributed by atoms with Crippen LogP contribution in [-0.4, -0.2) is 70.3 Å². The number of nitrogens with zero attached hydrogens (tertiary/aromatic N) is 2. The van der Waals surface area contributed by atoms with Crippen LogP contribution in [0.15, 0.2) is 54.6 Å². The number of likely N-dealkylation sites (N-methyl/N-ethyl adjacent to an activating group) is 1. The van der Waals surface area contributed by atoms with Crippen molar-refractivity contribution in [1.29, 1.82) is 0 Å². The molecule has 1 unspecified atom stereocenters. The van der Waals surface area contributed by atoms with Crippen LogP contribution in [0.2, 0.25) is 0 Å². The Balaban J connectivity index is 1.51. The number of benzene rings is 2. The maximum absolute atomic E-state index is 14.1. The van der Waals surface area contributed by atoms with Gasteiger partial charge in [0.1, 0.15) is 6.61 Å². The van der Waals surface area contributed by atoms with Gasteiger partial charge in [-0.05, 0) is 43.4 Å². The normalized spacial score (nSPS) is 15.4. The molecule has 2 amide bonds. The fourth-order valence-electron chi connectivity index (χ4n) is 5.64. The SMILES string of the molecule is CCOCC(=O)CCCCCCC(=O)N1CCc2c([nH]c3ccccc23)C1C(=O)N(C)[C@H](C(=O)O)c1ccccc1. The van der Waals surface area contributed by atoms with E-state index in [0.717, 1.165) is 35.7 Å². The number of Topliss-reactive ketones (excluding diaryl/α,β-unsaturated/α-hetero) is 1. The average molecular weight is 562 g/mol. The average Bonchev–Trinajstić information content (AvgIpc) is 3.36. The van der Waals surface area contributed by atoms with Crippen molar-refractivity contribution < 1.29 is 29.0 Å². The van der Waals surface area contributed by atoms with Crippen LogP contribution in [0.5, 0.6) is 0 Å². The molecule has 2 atom stereocenters. The second-order valence-electron chi connectivity index (χ2n) is 10.5. The number of unbranched alkanes of at least 4 members (excludes halogenated alkanes) is 3. The first kappa shape index (κ1) is 30.0. The summed E-state index contributed by atoms with van der Waals surface area (Å²) < 4.78 is 5.15. The van der Waals surface area contributed by atoms with E-state index in [9.17, 15) is 24.3 Å². The smallest absolute Gasteiger partial charge is 0.331 e. The summed E-state index contributed by atoms with van der Waals surface area (Å²) in [5, 5.41) is 11.1. The van der Waals surface area contributed by atoms with Crippen molar-refractivity contribution in [3.05, 3.63) is 71.4 Å². The molecular formula is C32H39N3O6. The molecule has 0 bridgehead atoms. The third-order valence-corrected chi connectivity index (χ3v) is 7.74. The lowest BCUT2D eigenvalue weighted by Gasteiger charge is -2.38. The molecule has 0 fully saturated rings. The maximum Gasteiger partial charge on any atom is 0.331 e. The molecule has 0 radical (unpaired) electrons. The zero-order valence-corrected chi connectivity index (χ0v) is 23.8. The van der Waals surface area contributed by atoms with E-state index in [1.54, 1.807) is 35.2 Å². The number of fused-ring (bicyclic) bond motifs is 3. The molecule has 4 rings (SSSR count). The van der Waals surface area contributed by atoms with Gasteiger partial charge < -0.3 is 24.6 Å². The molecule has 0 saturated carbocycles. The monoisotopic (exact) mass is 561 g/mol. The van der Waals surface area contributed by atoms with Crippen LogP contribution in [-0.2, 0) is 30.3 Å². The molecule has 0 saturated heterocycles. The highest BCUT2D eigenvalue weighted by molar-refractivity contribution is 5.95. The van der Waals surface area contributed by atoms with E-state index in [1.165, 1.54) is 11.9 Å². The Labute approximate surface area is 240 Å². The second kappa shape index (κ2) is 14.1. The molecule has 9 nitrogen and oxygen atoms in total. The van der Waals surface area contributed by atoms with E-state index >= 15 is 0 Å². The van der Waals surface area contributed by atoms with Gasteiger partial charge in [-0.15, -0.1) is 0 Å². The third kappa shape index (κ3) is 7.03. The Kier molecular flexibility index (Phi) is 10.3. The number of carbonyl (C=O) groups excluding carboxylic acids is 3. The van der Waals surface area contributed by atoms with Crippen LogP contribution in [0.25, 0.3) is 10.9 Å². The van der Waals surface area contributed by atoms with Crippen molar-refractivity contribution in [3.63, 3.8) is 0 Å². The number of carboxylic acid groups (broad SMARTS) is 1. The molecule has 2 heterocycles. The Hall–Kier alpha value is -3.98. The van der Waals surface area contributed by atoms with Gasteiger partial charge in [0.2, 0.25) is 5.91 Å². The molecule has 9 heteroatoms. The first-order chi connectivity index (χ1) is 19.8. The Morgan fingerprint density at radius 3 is 2.39 bits per heavy atom. The van der Waals surface area contributed by atoms with E-state index in [2.05, 4.69) is 4.98 Å². The van der Waals surface area contributed by atoms with Gasteiger partial charge in [-0.1, -0.05) is 61.4 Å². The number of rotatable bonds is 14. The van der Waals surface area contributed by atoms with Crippen LogP contribution in [0.3, 0.4) is 0 Å². The first-order valence-electron chi connectivity index (χ1n) is 14.4. The minimum absolute atomic E-state index is 0.0889. The highest BCUT2D eigenvalue weighted by Gasteiger charge is 2.42. The van der Waals surface area contributed by atoms with Crippen molar-refractivity contribution in [3.8, 4) is 0 Å². The third-order valence-electron chi connectivity index (χ3n) is 7.74. The number of amides is 2. The zero-order chi connectivity index (χ0) is 29.4. The number of aromatic amines is 1. The van der Waals surface area contributed by atoms with Gasteiger partial charge in [-0.3, -0.25) is 14.4 Å². The minimum atomic E-state index is -1.19. The van der Waals surface area contributed by atoms with Crippen LogP contribution < -0.4 is 0 Å². The quantitative estimate of drug-likeness (QED) is 0.272. The number of carboxylic acids is 1. The molecular weight excluding hydrogens is 522 g/mol. The van der Waals surface area contributed by atoms with E-state index < -0.39 is 24.0 Å². The number of hydrogen-bond donors (Lipinski definition) is 2. The lowest BCUT2D eigenvalue weighted by Crippen LogP contribution is -2.49. The van der Waals surface area contributed by atoms with E-state index in [4.69, 9.17) is 4.74 Å². The van der Waals surface area contributed by atoms with Crippen LogP contribution in [0.1, 0.15) is 74.4 Å². The molecule has 1 aliphatic heterocycles. The highest BCUT2D eigenvalue weighted by atomic mass is 16.5. The van der Waals surface area contributed by atoms with Gasteiger partial charge in [0.05, 0.1) is 5.69 Å². The number of carbonyl (C=O) groups is 4. The molecule has 41 heavy (non-hydrogen) atoms. The minimum Gasteiger partial charge on any atom is -0.479 e. The number of ketones is 1. The lowest BCUT2D eigenvalue weighted by molar-refractivity contribution is -0.154. The van der Waals surface area contributed by atoms with E-state index in [1.807, 2.05) is 31.2 Å². The molecule has 218 valence electrons. The van der Waals surface area contributed by atoms with Crippen LogP contribution >= 0.6 is 0 Å². The maximum atomic E-state index is 14.1. The lowest BCUT2D eigenvalue weighted by atomic mass is 9.94. The van der Waals surface area contributed by atoms with Crippen molar-refractivity contribution in [2.24, 2.45) is 0 Å². The standard InChI is InChI=1S/C32H39N3O6/c1-3-41-21-23(36)15-9-4-5-10-18-27(37)35-20-19-25-24-16-11-12-17-26(24)33-28(25)30(35)31(38)34(2)29(32(39)40)22-13-7-6-8-14-22/h6-8,11-14,16-17,29-30,33H,3-5,9-10,15,18-21H2,1-2H3,(H,39,40)/t29-,30?/m0/s1. The van der Waals surface area contributed by atoms with Gasteiger partial charge in [0.25, 0.3) is 5.91 Å². The molecule has 2 N–H and O–H groups in total. The van der Waals surface area contributed by atoms with Crippen LogP contribution in [0.4, 0.5) is 0 Å². The predicted octanol–water partition coefficient (Wildman–Crippen LogP) is 4.82. The second-order valence-corrected chi connectivity index (χ2v) is 10.5. The number of nitrogens with one attached hydrogen (secondary N) is 1. The molecule has 1 aromatic heterocycles. The number of ether oxygens (including phenoxy) is 1. The molecule has 2 aromatic carbocycles. The summed E-state index contributed by atoms with van der Waals surface area (Å²) in [6.45, 7) is 2.89. The zero-order valence-electron chi connectivity index (χ0n) is 23.8. The molecule has 1 aliphatic rings. The summed E-state index contributed by atoms with van der Waals surface area (Å²) in [4.78, 5) is 58.0. The van der Waals surface area contributed by atoms with E-state index in [0.29, 0.717) is 43.7 Å². The highest BCUT2D eigenvalue weighted by Crippen LogP contribution is 2.37. The fraction of sp³-hybridized carbons (Fsp3) is 0.438. The largest absolute Gasteiger partial charge is 0.479 e. The van der Waals surface area contributed by atoms with Crippen molar-refractivity contribution in [1.82, 2.24) is 14.8 Å². The van der Waals surface area contributed by atoms with Crippen molar-refractivity contribution >= 4 is 34.5 Å². The number of H-pyrrole nitrogens is 1. The van der Waals surface area contributed by atoms with Gasteiger partial charge in [0, 0.05) is 43.9 Å². The first-order valence-corrected chi connectivity index (χ1v) is 14.4. The predicted molar refractivity (Wildman–Crippen MR) is 155 cm³/mol. The van der Waals surface area contributed by atoms with Crippen LogP contribution in [0, 0.1) is 0 Å². The van der Waals surface area contributed by atoms with Gasteiger partial charge in [-0.25, -0.2) is 4.79 Å². The molecule has 0 spiro atoms. The van der Waals surface area contributed by atoms with Gasteiger partial charge in [-0.2, -0.15) is 0 Å². The summed E-state index contributed by atoms with van der Waals surface area (Å²) in [6, 6.07) is 14.3. The molecule has 3 aromatic rings. The number of aromatic nitrogens is 1. The Morgan fingerprint density at radius 1 is 1.00 bits per heavy atom. The number of hydrogen-bond acceptors (Lipinski definition) is 5.